The van der Waals surface area contributed by atoms with E-state index in [4.69, 9.17) is 0 Å². The van der Waals surface area contributed by atoms with E-state index in [9.17, 15) is 14.4 Å². The number of carbonyl (C=O) groups is 3. The minimum atomic E-state index is -0.583. The summed E-state index contributed by atoms with van der Waals surface area (Å²) in [5.41, 5.74) is 2.53. The van der Waals surface area contributed by atoms with E-state index in [1.807, 2.05) is 52.5 Å². The van der Waals surface area contributed by atoms with Crippen LogP contribution >= 0.6 is 11.3 Å². The maximum absolute atomic E-state index is 14.0. The van der Waals surface area contributed by atoms with Crippen molar-refractivity contribution in [2.24, 2.45) is 11.8 Å². The lowest BCUT2D eigenvalue weighted by atomic mass is 9.88. The average Bonchev–Trinajstić information content (AvgIpc) is 3.30. The number of nitrogens with zero attached hydrogens (tertiary/aromatic N) is 3. The molecule has 4 aliphatic rings. The first-order chi connectivity index (χ1) is 19.0. The highest BCUT2D eigenvalue weighted by molar-refractivity contribution is 7.20. The molecule has 1 aromatic carbocycles. The van der Waals surface area contributed by atoms with Gasteiger partial charge in [-0.2, -0.15) is 0 Å². The Morgan fingerprint density at radius 2 is 1.90 bits per heavy atom. The molecule has 0 bridgehead atoms. The average molecular weight is 543 g/mol. The summed E-state index contributed by atoms with van der Waals surface area (Å²) in [6.45, 7) is 3.50. The molecule has 2 aromatic heterocycles. The van der Waals surface area contributed by atoms with Gasteiger partial charge in [-0.3, -0.25) is 19.4 Å². The highest BCUT2D eigenvalue weighted by Crippen LogP contribution is 2.49. The van der Waals surface area contributed by atoms with Gasteiger partial charge < -0.3 is 15.1 Å². The molecule has 3 amide bonds. The summed E-state index contributed by atoms with van der Waals surface area (Å²) in [4.78, 5) is 49.8. The van der Waals surface area contributed by atoms with Gasteiger partial charge in [0, 0.05) is 42.1 Å². The Kier molecular flexibility index (Phi) is 6.18. The molecule has 1 N–H and O–H groups in total. The molecule has 5 heterocycles. The van der Waals surface area contributed by atoms with Crippen molar-refractivity contribution >= 4 is 39.1 Å². The zero-order valence-corrected chi connectivity index (χ0v) is 23.0. The van der Waals surface area contributed by atoms with Gasteiger partial charge in [-0.1, -0.05) is 25.1 Å². The zero-order chi connectivity index (χ0) is 26.7. The van der Waals surface area contributed by atoms with Gasteiger partial charge in [0.25, 0.3) is 5.91 Å². The third-order valence-corrected chi connectivity index (χ3v) is 10.6. The number of thiophene rings is 1. The van der Waals surface area contributed by atoms with Crippen molar-refractivity contribution in [1.82, 2.24) is 20.1 Å². The number of benzene rings is 1. The Hall–Kier alpha value is -3.26. The molecule has 39 heavy (non-hydrogen) atoms. The summed E-state index contributed by atoms with van der Waals surface area (Å²) in [5.74, 6) is 1.18. The molecule has 1 aliphatic carbocycles. The Labute approximate surface area is 232 Å². The van der Waals surface area contributed by atoms with Crippen LogP contribution in [0.2, 0.25) is 0 Å². The fourth-order valence-corrected chi connectivity index (χ4v) is 8.11. The minimum absolute atomic E-state index is 0.0616. The van der Waals surface area contributed by atoms with Crippen molar-refractivity contribution in [2.75, 3.05) is 13.1 Å². The SMILES string of the molecule is CCc1ccncc1C1CN(C(=O)[C@@H]2CC[C@@H]3C[C@@H]4C[C@@H]4C[C@H](NC(=O)c4cc5ccccc5s4)C(=O)N32)C1. The Morgan fingerprint density at radius 3 is 2.72 bits per heavy atom. The second-order valence-corrected chi connectivity index (χ2v) is 12.8. The summed E-state index contributed by atoms with van der Waals surface area (Å²) in [6, 6.07) is 11.0. The van der Waals surface area contributed by atoms with Crippen LogP contribution in [0.3, 0.4) is 0 Å². The van der Waals surface area contributed by atoms with Gasteiger partial charge >= 0.3 is 0 Å². The Bertz CT molecular complexity index is 1410. The maximum Gasteiger partial charge on any atom is 0.262 e. The summed E-state index contributed by atoms with van der Waals surface area (Å²) in [7, 11) is 0. The molecule has 7 nitrogen and oxygen atoms in total. The number of nitrogens with one attached hydrogen (secondary N) is 1. The molecule has 4 fully saturated rings. The molecule has 0 spiro atoms. The third kappa shape index (κ3) is 4.42. The Balaban J connectivity index is 1.07. The number of hydrogen-bond acceptors (Lipinski definition) is 5. The molecule has 5 atom stereocenters. The van der Waals surface area contributed by atoms with Crippen LogP contribution in [0.15, 0.2) is 48.8 Å². The maximum atomic E-state index is 14.0. The molecular formula is C31H34N4O3S. The van der Waals surface area contributed by atoms with E-state index in [2.05, 4.69) is 23.3 Å². The fraction of sp³-hybridized carbons (Fsp3) is 0.484. The monoisotopic (exact) mass is 542 g/mol. The van der Waals surface area contributed by atoms with Crippen LogP contribution in [0.25, 0.3) is 10.1 Å². The predicted octanol–water partition coefficient (Wildman–Crippen LogP) is 4.37. The molecule has 7 rings (SSSR count). The summed E-state index contributed by atoms with van der Waals surface area (Å²) in [6.07, 6.45) is 9.05. The van der Waals surface area contributed by atoms with E-state index in [0.29, 0.717) is 48.6 Å². The van der Waals surface area contributed by atoms with Crippen LogP contribution in [0.5, 0.6) is 0 Å². The van der Waals surface area contributed by atoms with Crippen LogP contribution in [-0.4, -0.2) is 63.7 Å². The van der Waals surface area contributed by atoms with E-state index in [-0.39, 0.29) is 23.8 Å². The van der Waals surface area contributed by atoms with Crippen molar-refractivity contribution < 1.29 is 14.4 Å². The van der Waals surface area contributed by atoms with Gasteiger partial charge in [-0.05, 0) is 85.1 Å². The first-order valence-corrected chi connectivity index (χ1v) is 15.1. The van der Waals surface area contributed by atoms with E-state index in [1.54, 1.807) is 0 Å². The lowest BCUT2D eigenvalue weighted by Crippen LogP contribution is -2.59. The second kappa shape index (κ2) is 9.73. The molecular weight excluding hydrogens is 508 g/mol. The number of hydrogen-bond donors (Lipinski definition) is 1. The quantitative estimate of drug-likeness (QED) is 0.519. The number of amides is 3. The molecule has 0 radical (unpaired) electrons. The van der Waals surface area contributed by atoms with Gasteiger partial charge in [-0.15, -0.1) is 11.3 Å². The number of rotatable bonds is 5. The van der Waals surface area contributed by atoms with Gasteiger partial charge in [0.2, 0.25) is 11.8 Å². The smallest absolute Gasteiger partial charge is 0.262 e. The van der Waals surface area contributed by atoms with E-state index in [0.717, 1.165) is 35.8 Å². The Morgan fingerprint density at radius 1 is 1.08 bits per heavy atom. The molecule has 0 unspecified atom stereocenters. The van der Waals surface area contributed by atoms with Crippen molar-refractivity contribution in [3.05, 3.63) is 64.8 Å². The van der Waals surface area contributed by atoms with E-state index in [1.165, 1.54) is 22.5 Å². The van der Waals surface area contributed by atoms with Crippen molar-refractivity contribution in [2.45, 2.75) is 69.5 Å². The first-order valence-electron chi connectivity index (χ1n) is 14.3. The summed E-state index contributed by atoms with van der Waals surface area (Å²) >= 11 is 1.45. The zero-order valence-electron chi connectivity index (χ0n) is 22.2. The number of fused-ring (bicyclic) bond motifs is 3. The highest BCUT2D eigenvalue weighted by Gasteiger charge is 2.52. The highest BCUT2D eigenvalue weighted by atomic mass is 32.1. The largest absolute Gasteiger partial charge is 0.340 e. The molecule has 3 aromatic rings. The lowest BCUT2D eigenvalue weighted by molar-refractivity contribution is -0.149. The van der Waals surface area contributed by atoms with Crippen molar-refractivity contribution in [1.29, 1.82) is 0 Å². The van der Waals surface area contributed by atoms with Gasteiger partial charge in [-0.25, -0.2) is 0 Å². The number of pyridine rings is 1. The number of aromatic nitrogens is 1. The predicted molar refractivity (Wildman–Crippen MR) is 151 cm³/mol. The number of aryl methyl sites for hydroxylation is 1. The van der Waals surface area contributed by atoms with Crippen LogP contribution in [0, 0.1) is 11.8 Å². The van der Waals surface area contributed by atoms with Gasteiger partial charge in [0.1, 0.15) is 12.1 Å². The molecule has 3 aliphatic heterocycles. The van der Waals surface area contributed by atoms with Gasteiger partial charge in [0.05, 0.1) is 4.88 Å². The first kappa shape index (κ1) is 24.8. The molecule has 202 valence electrons. The second-order valence-electron chi connectivity index (χ2n) is 11.8. The van der Waals surface area contributed by atoms with Crippen LogP contribution in [0.1, 0.15) is 65.7 Å². The molecule has 3 saturated heterocycles. The van der Waals surface area contributed by atoms with Crippen molar-refractivity contribution in [3.63, 3.8) is 0 Å². The number of likely N-dealkylation sites (tertiary alicyclic amines) is 1. The standard InChI is InChI=1S/C31H34N4O3S/c1-2-18-9-10-32-15-24(18)22-16-34(17-22)31(38)26-8-7-23-12-20-11-21(20)13-25(30(37)35(23)26)33-29(36)28-14-19-5-3-4-6-27(19)39-28/h3-6,9-10,14-15,20-23,25-26H,2,7-8,11-13,16-17H2,1H3,(H,33,36)/t20-,21+,23+,25-,26-/m0/s1. The molecule has 8 heteroatoms. The number of carbonyl (C=O) groups excluding carboxylic acids is 3. The molecule has 1 saturated carbocycles. The third-order valence-electron chi connectivity index (χ3n) is 9.44. The topological polar surface area (TPSA) is 82.6 Å². The summed E-state index contributed by atoms with van der Waals surface area (Å²) < 4.78 is 1.06. The van der Waals surface area contributed by atoms with Gasteiger partial charge in [0.15, 0.2) is 0 Å². The lowest BCUT2D eigenvalue weighted by Gasteiger charge is -2.43. The van der Waals surface area contributed by atoms with E-state index < -0.39 is 12.1 Å². The van der Waals surface area contributed by atoms with Crippen LogP contribution in [0.4, 0.5) is 0 Å². The minimum Gasteiger partial charge on any atom is -0.340 e. The van der Waals surface area contributed by atoms with Crippen molar-refractivity contribution in [3.8, 4) is 0 Å². The fourth-order valence-electron chi connectivity index (χ4n) is 7.15. The summed E-state index contributed by atoms with van der Waals surface area (Å²) in [5, 5.41) is 4.13. The normalized spacial score (nSPS) is 28.3. The van der Waals surface area contributed by atoms with Crippen LogP contribution < -0.4 is 5.32 Å². The van der Waals surface area contributed by atoms with Crippen LogP contribution in [-0.2, 0) is 16.0 Å². The van der Waals surface area contributed by atoms with E-state index >= 15 is 0 Å².